The molecule has 0 radical (unpaired) electrons. The summed E-state index contributed by atoms with van der Waals surface area (Å²) in [7, 11) is 0. The molecule has 0 aliphatic rings. The smallest absolute Gasteiger partial charge is 0.306 e. The highest BCUT2D eigenvalue weighted by molar-refractivity contribution is 5.72. The van der Waals surface area contributed by atoms with Gasteiger partial charge in [0, 0.05) is 12.4 Å². The first-order valence-corrected chi connectivity index (χ1v) is 2.77. The van der Waals surface area contributed by atoms with Gasteiger partial charge in [0.1, 0.15) is 12.0 Å². The van der Waals surface area contributed by atoms with Gasteiger partial charge in [0.2, 0.25) is 0 Å². The monoisotopic (exact) mass is 136 g/mol. The fourth-order valence-corrected chi connectivity index (χ4v) is 0.802. The van der Waals surface area contributed by atoms with Crippen molar-refractivity contribution in [1.82, 2.24) is 9.38 Å². The number of hydrogen-bond acceptors (Lipinski definition) is 3. The zero-order valence-corrected chi connectivity index (χ0v) is 5.02. The molecule has 0 aromatic carbocycles. The molecule has 0 atom stereocenters. The third kappa shape index (κ3) is 0.556. The summed E-state index contributed by atoms with van der Waals surface area (Å²) >= 11 is 0. The fraction of sp³-hybridized carbons (Fsp3) is 0. The maximum Gasteiger partial charge on any atom is 0.306 e. The Morgan fingerprint density at radius 1 is 1.70 bits per heavy atom. The summed E-state index contributed by atoms with van der Waals surface area (Å²) in [4.78, 5) is 14.0. The van der Waals surface area contributed by atoms with Crippen LogP contribution in [0.25, 0.3) is 5.84 Å². The van der Waals surface area contributed by atoms with Gasteiger partial charge in [-0.15, -0.1) is 0 Å². The molecule has 2 heterocycles. The van der Waals surface area contributed by atoms with Crippen molar-refractivity contribution in [2.45, 2.75) is 0 Å². The Kier molecular flexibility index (Phi) is 0.887. The second-order valence-corrected chi connectivity index (χ2v) is 1.88. The standard InChI is InChI=1S/C6H4N2O2/c9-4-5-3-8-1-2-10-6(8)7-5/h1-4H. The molecule has 50 valence electrons. The number of aromatic nitrogens is 2. The third-order valence-electron chi connectivity index (χ3n) is 1.23. The number of carbonyl (C=O) groups excluding carboxylic acids is 1. The van der Waals surface area contributed by atoms with Crippen molar-refractivity contribution in [3.63, 3.8) is 0 Å². The molecule has 0 saturated carbocycles. The number of rotatable bonds is 1. The van der Waals surface area contributed by atoms with E-state index in [0.29, 0.717) is 17.8 Å². The van der Waals surface area contributed by atoms with Gasteiger partial charge < -0.3 is 4.42 Å². The number of fused-ring (bicyclic) bond motifs is 1. The lowest BCUT2D eigenvalue weighted by Crippen LogP contribution is -1.74. The summed E-state index contributed by atoms with van der Waals surface area (Å²) < 4.78 is 6.54. The highest BCUT2D eigenvalue weighted by Gasteiger charge is 2.00. The van der Waals surface area contributed by atoms with Gasteiger partial charge >= 0.3 is 5.84 Å². The molecule has 4 nitrogen and oxygen atoms in total. The van der Waals surface area contributed by atoms with Gasteiger partial charge in [0.15, 0.2) is 6.29 Å². The first-order chi connectivity index (χ1) is 4.90. The highest BCUT2D eigenvalue weighted by Crippen LogP contribution is 2.02. The molecule has 0 N–H and O–H groups in total. The molecular weight excluding hydrogens is 132 g/mol. The second-order valence-electron chi connectivity index (χ2n) is 1.88. The number of hydrogen-bond donors (Lipinski definition) is 0. The summed E-state index contributed by atoms with van der Waals surface area (Å²) in [6, 6.07) is 0. The lowest BCUT2D eigenvalue weighted by molar-refractivity contribution is 0.111. The zero-order chi connectivity index (χ0) is 6.97. The minimum atomic E-state index is 0.388. The van der Waals surface area contributed by atoms with Gasteiger partial charge in [-0.25, -0.2) is 0 Å². The summed E-state index contributed by atoms with van der Waals surface area (Å²) in [5.74, 6) is 0.446. The van der Waals surface area contributed by atoms with E-state index in [9.17, 15) is 4.79 Å². The topological polar surface area (TPSA) is 47.5 Å². The molecule has 0 amide bonds. The van der Waals surface area contributed by atoms with E-state index in [1.54, 1.807) is 16.8 Å². The third-order valence-corrected chi connectivity index (χ3v) is 1.23. The van der Waals surface area contributed by atoms with Crippen molar-refractivity contribution >= 4 is 12.1 Å². The first-order valence-electron chi connectivity index (χ1n) is 2.77. The quantitative estimate of drug-likeness (QED) is 0.543. The van der Waals surface area contributed by atoms with E-state index in [0.717, 1.165) is 0 Å². The van der Waals surface area contributed by atoms with Crippen molar-refractivity contribution in [1.29, 1.82) is 0 Å². The van der Waals surface area contributed by atoms with Gasteiger partial charge in [-0.05, 0) is 0 Å². The molecule has 0 saturated heterocycles. The minimum absolute atomic E-state index is 0.388. The average Bonchev–Trinajstić information content (AvgIpc) is 2.42. The maximum absolute atomic E-state index is 10.2. The fourth-order valence-electron chi connectivity index (χ4n) is 0.802. The summed E-state index contributed by atoms with van der Waals surface area (Å²) in [6.07, 6.45) is 5.49. The number of aldehydes is 1. The SMILES string of the molecule is O=Cc1cn2ccoc2n1. The number of carbonyl (C=O) groups is 1. The van der Waals surface area contributed by atoms with Crippen LogP contribution < -0.4 is 0 Å². The van der Waals surface area contributed by atoms with E-state index in [2.05, 4.69) is 4.98 Å². The van der Waals surface area contributed by atoms with Gasteiger partial charge in [-0.1, -0.05) is 0 Å². The minimum Gasteiger partial charge on any atom is -0.432 e. The van der Waals surface area contributed by atoms with E-state index >= 15 is 0 Å². The molecule has 0 aliphatic carbocycles. The maximum atomic E-state index is 10.2. The van der Waals surface area contributed by atoms with Crippen molar-refractivity contribution in [2.75, 3.05) is 0 Å². The molecule has 0 bridgehead atoms. The number of nitrogens with zero attached hydrogens (tertiary/aromatic N) is 2. The van der Waals surface area contributed by atoms with Gasteiger partial charge in [0.05, 0.1) is 0 Å². The Bertz CT molecular complexity index is 332. The van der Waals surface area contributed by atoms with Crippen LogP contribution in [0.3, 0.4) is 0 Å². The van der Waals surface area contributed by atoms with Gasteiger partial charge in [-0.3, -0.25) is 9.20 Å². The van der Waals surface area contributed by atoms with Gasteiger partial charge in [0.25, 0.3) is 0 Å². The average molecular weight is 136 g/mol. The van der Waals surface area contributed by atoms with Crippen LogP contribution in [0.5, 0.6) is 0 Å². The Balaban J connectivity index is 2.78. The molecule has 2 rings (SSSR count). The summed E-state index contributed by atoms with van der Waals surface area (Å²) in [5.41, 5.74) is 0.388. The molecule has 0 spiro atoms. The zero-order valence-electron chi connectivity index (χ0n) is 5.02. The van der Waals surface area contributed by atoms with E-state index in [-0.39, 0.29) is 0 Å². The largest absolute Gasteiger partial charge is 0.432 e. The molecule has 4 heteroatoms. The van der Waals surface area contributed by atoms with Crippen LogP contribution in [0.15, 0.2) is 23.1 Å². The lowest BCUT2D eigenvalue weighted by atomic mass is 10.5. The van der Waals surface area contributed by atoms with E-state index in [1.165, 1.54) is 6.26 Å². The van der Waals surface area contributed by atoms with Crippen molar-refractivity contribution < 1.29 is 9.21 Å². The summed E-state index contributed by atoms with van der Waals surface area (Å²) in [5, 5.41) is 0. The van der Waals surface area contributed by atoms with Crippen molar-refractivity contribution in [3.8, 4) is 0 Å². The normalized spacial score (nSPS) is 10.4. The molecule has 10 heavy (non-hydrogen) atoms. The van der Waals surface area contributed by atoms with Crippen LogP contribution >= 0.6 is 0 Å². The Morgan fingerprint density at radius 2 is 2.60 bits per heavy atom. The lowest BCUT2D eigenvalue weighted by Gasteiger charge is -1.69. The van der Waals surface area contributed by atoms with Crippen LogP contribution in [-0.4, -0.2) is 15.7 Å². The first kappa shape index (κ1) is 5.22. The predicted octanol–water partition coefficient (Wildman–Crippen LogP) is 0.740. The molecule has 0 fully saturated rings. The molecule has 0 aliphatic heterocycles. The molecule has 2 aromatic heterocycles. The van der Waals surface area contributed by atoms with E-state index < -0.39 is 0 Å². The Morgan fingerprint density at radius 3 is 3.30 bits per heavy atom. The van der Waals surface area contributed by atoms with Crippen molar-refractivity contribution in [2.24, 2.45) is 0 Å². The van der Waals surface area contributed by atoms with Crippen LogP contribution in [-0.2, 0) is 0 Å². The van der Waals surface area contributed by atoms with Crippen LogP contribution in [0.1, 0.15) is 10.5 Å². The molecule has 0 unspecified atom stereocenters. The number of oxazole rings is 1. The number of imidazole rings is 1. The highest BCUT2D eigenvalue weighted by atomic mass is 16.3. The summed E-state index contributed by atoms with van der Waals surface area (Å²) in [6.45, 7) is 0. The molecular formula is C6H4N2O2. The van der Waals surface area contributed by atoms with Crippen LogP contribution in [0.4, 0.5) is 0 Å². The van der Waals surface area contributed by atoms with Crippen LogP contribution in [0, 0.1) is 0 Å². The molecule has 2 aromatic rings. The predicted molar refractivity (Wildman–Crippen MR) is 32.8 cm³/mol. The Hall–Kier alpha value is -1.58. The second kappa shape index (κ2) is 1.70. The van der Waals surface area contributed by atoms with E-state index in [1.807, 2.05) is 0 Å². The van der Waals surface area contributed by atoms with Crippen molar-refractivity contribution in [3.05, 3.63) is 24.4 Å². The van der Waals surface area contributed by atoms with E-state index in [4.69, 9.17) is 4.42 Å². The van der Waals surface area contributed by atoms with Crippen LogP contribution in [0.2, 0.25) is 0 Å². The Labute approximate surface area is 56.1 Å². The van der Waals surface area contributed by atoms with Gasteiger partial charge in [-0.2, -0.15) is 4.98 Å².